The van der Waals surface area contributed by atoms with Gasteiger partial charge in [0.05, 0.1) is 12.8 Å². The molecule has 14 heavy (non-hydrogen) atoms. The zero-order valence-corrected chi connectivity index (χ0v) is 9.28. The van der Waals surface area contributed by atoms with E-state index in [1.54, 1.807) is 7.11 Å². The quantitative estimate of drug-likeness (QED) is 0.674. The molecule has 0 N–H and O–H groups in total. The molecule has 0 aliphatic heterocycles. The second kappa shape index (κ2) is 5.00. The van der Waals surface area contributed by atoms with Crippen molar-refractivity contribution in [1.82, 2.24) is 9.55 Å². The van der Waals surface area contributed by atoms with Gasteiger partial charge in [0.1, 0.15) is 6.61 Å². The summed E-state index contributed by atoms with van der Waals surface area (Å²) in [7, 11) is 3.62. The van der Waals surface area contributed by atoms with Crippen LogP contribution in [-0.2, 0) is 11.8 Å². The normalized spacial score (nSPS) is 10.9. The number of rotatable bonds is 5. The van der Waals surface area contributed by atoms with E-state index >= 15 is 0 Å². The smallest absolute Gasteiger partial charge is 0.296 e. The van der Waals surface area contributed by atoms with Crippen molar-refractivity contribution >= 4 is 0 Å². The first-order valence-electron chi connectivity index (χ1n) is 4.80. The molecule has 1 aromatic rings. The molecule has 4 heteroatoms. The summed E-state index contributed by atoms with van der Waals surface area (Å²) in [5, 5.41) is 0. The zero-order valence-electron chi connectivity index (χ0n) is 9.28. The third kappa shape index (κ3) is 2.48. The molecule has 1 rings (SSSR count). The van der Waals surface area contributed by atoms with Gasteiger partial charge in [0.25, 0.3) is 6.01 Å². The molecule has 0 radical (unpaired) electrons. The Labute approximate surface area is 84.9 Å². The zero-order chi connectivity index (χ0) is 10.6. The molecular formula is C10H18N2O2. The van der Waals surface area contributed by atoms with Gasteiger partial charge in [-0.15, -0.1) is 0 Å². The predicted octanol–water partition coefficient (Wildman–Crippen LogP) is 1.57. The number of methoxy groups -OCH3 is 1. The van der Waals surface area contributed by atoms with Crippen molar-refractivity contribution in [3.63, 3.8) is 0 Å². The third-order valence-corrected chi connectivity index (χ3v) is 2.09. The Kier molecular flexibility index (Phi) is 3.95. The molecule has 0 aliphatic carbocycles. The first-order valence-corrected chi connectivity index (χ1v) is 4.80. The number of nitrogens with zero attached hydrogens (tertiary/aromatic N) is 2. The summed E-state index contributed by atoms with van der Waals surface area (Å²) < 4.78 is 12.3. The maximum atomic E-state index is 5.43. The summed E-state index contributed by atoms with van der Waals surface area (Å²) >= 11 is 0. The fourth-order valence-corrected chi connectivity index (χ4v) is 1.29. The number of imidazole rings is 1. The van der Waals surface area contributed by atoms with Crippen LogP contribution in [0.15, 0.2) is 6.20 Å². The average Bonchev–Trinajstić information content (AvgIpc) is 2.48. The van der Waals surface area contributed by atoms with Crippen molar-refractivity contribution in [3.05, 3.63) is 11.9 Å². The van der Waals surface area contributed by atoms with Gasteiger partial charge in [-0.25, -0.2) is 4.98 Å². The minimum atomic E-state index is 0.465. The second-order valence-electron chi connectivity index (χ2n) is 3.52. The van der Waals surface area contributed by atoms with Crippen LogP contribution in [0.2, 0.25) is 0 Å². The highest BCUT2D eigenvalue weighted by atomic mass is 16.5. The largest absolute Gasteiger partial charge is 0.462 e. The number of hydrogen-bond acceptors (Lipinski definition) is 3. The van der Waals surface area contributed by atoms with Gasteiger partial charge in [-0.3, -0.25) is 0 Å². The van der Waals surface area contributed by atoms with Crippen LogP contribution >= 0.6 is 0 Å². The molecule has 0 unspecified atom stereocenters. The van der Waals surface area contributed by atoms with E-state index in [-0.39, 0.29) is 0 Å². The first kappa shape index (κ1) is 11.0. The average molecular weight is 198 g/mol. The molecule has 80 valence electrons. The fourth-order valence-electron chi connectivity index (χ4n) is 1.29. The molecule has 0 bridgehead atoms. The molecular weight excluding hydrogens is 180 g/mol. The summed E-state index contributed by atoms with van der Waals surface area (Å²) in [6.07, 6.45) is 1.85. The van der Waals surface area contributed by atoms with Crippen molar-refractivity contribution in [3.8, 4) is 6.01 Å². The summed E-state index contributed by atoms with van der Waals surface area (Å²) in [4.78, 5) is 4.19. The maximum absolute atomic E-state index is 5.43. The monoisotopic (exact) mass is 198 g/mol. The van der Waals surface area contributed by atoms with E-state index in [1.165, 1.54) is 5.69 Å². The van der Waals surface area contributed by atoms with Crippen LogP contribution in [0, 0.1) is 0 Å². The number of ether oxygens (including phenoxy) is 2. The Balaban J connectivity index is 2.60. The van der Waals surface area contributed by atoms with Gasteiger partial charge in [-0.05, 0) is 5.92 Å². The summed E-state index contributed by atoms with van der Waals surface area (Å²) in [6, 6.07) is 0.658. The predicted molar refractivity (Wildman–Crippen MR) is 54.7 cm³/mol. The van der Waals surface area contributed by atoms with E-state index in [0.29, 0.717) is 25.1 Å². The first-order chi connectivity index (χ1) is 6.66. The van der Waals surface area contributed by atoms with Crippen molar-refractivity contribution in [1.29, 1.82) is 0 Å². The molecule has 0 saturated carbocycles. The standard InChI is InChI=1S/C10H18N2O2/c1-8(2)9-7-11-10(12(9)3)14-6-5-13-4/h7-8H,5-6H2,1-4H3. The maximum Gasteiger partial charge on any atom is 0.296 e. The Hall–Kier alpha value is -1.03. The van der Waals surface area contributed by atoms with Gasteiger partial charge < -0.3 is 14.0 Å². The van der Waals surface area contributed by atoms with Crippen molar-refractivity contribution in [2.75, 3.05) is 20.3 Å². The molecule has 0 atom stereocenters. The van der Waals surface area contributed by atoms with Crippen LogP contribution < -0.4 is 4.74 Å². The number of hydrogen-bond donors (Lipinski definition) is 0. The van der Waals surface area contributed by atoms with Gasteiger partial charge in [0, 0.05) is 19.9 Å². The van der Waals surface area contributed by atoms with E-state index in [4.69, 9.17) is 9.47 Å². The van der Waals surface area contributed by atoms with Crippen LogP contribution in [0.25, 0.3) is 0 Å². The van der Waals surface area contributed by atoms with Crippen LogP contribution in [0.1, 0.15) is 25.5 Å². The van der Waals surface area contributed by atoms with Crippen LogP contribution in [0.4, 0.5) is 0 Å². The van der Waals surface area contributed by atoms with Crippen molar-refractivity contribution in [2.45, 2.75) is 19.8 Å². The lowest BCUT2D eigenvalue weighted by atomic mass is 10.1. The van der Waals surface area contributed by atoms with Gasteiger partial charge in [0.2, 0.25) is 0 Å². The Morgan fingerprint density at radius 1 is 1.43 bits per heavy atom. The van der Waals surface area contributed by atoms with Gasteiger partial charge >= 0.3 is 0 Å². The molecule has 0 aromatic carbocycles. The van der Waals surface area contributed by atoms with E-state index in [0.717, 1.165) is 0 Å². The van der Waals surface area contributed by atoms with Gasteiger partial charge in [-0.1, -0.05) is 13.8 Å². The highest BCUT2D eigenvalue weighted by molar-refractivity contribution is 5.12. The van der Waals surface area contributed by atoms with Crippen molar-refractivity contribution in [2.24, 2.45) is 7.05 Å². The van der Waals surface area contributed by atoms with E-state index in [1.807, 2.05) is 17.8 Å². The molecule has 0 saturated heterocycles. The third-order valence-electron chi connectivity index (χ3n) is 2.09. The Bertz CT molecular complexity index is 282. The minimum absolute atomic E-state index is 0.465. The van der Waals surface area contributed by atoms with Crippen LogP contribution in [0.3, 0.4) is 0 Å². The minimum Gasteiger partial charge on any atom is -0.462 e. The molecule has 1 heterocycles. The second-order valence-corrected chi connectivity index (χ2v) is 3.52. The highest BCUT2D eigenvalue weighted by Crippen LogP contribution is 2.18. The Morgan fingerprint density at radius 2 is 2.14 bits per heavy atom. The topological polar surface area (TPSA) is 36.3 Å². The lowest BCUT2D eigenvalue weighted by molar-refractivity contribution is 0.138. The lowest BCUT2D eigenvalue weighted by Crippen LogP contribution is -2.08. The Morgan fingerprint density at radius 3 is 2.64 bits per heavy atom. The van der Waals surface area contributed by atoms with Crippen LogP contribution in [-0.4, -0.2) is 29.9 Å². The van der Waals surface area contributed by atoms with E-state index < -0.39 is 0 Å². The highest BCUT2D eigenvalue weighted by Gasteiger charge is 2.09. The molecule has 0 spiro atoms. The van der Waals surface area contributed by atoms with E-state index in [2.05, 4.69) is 18.8 Å². The molecule has 0 amide bonds. The molecule has 0 fully saturated rings. The molecule has 0 aliphatic rings. The SMILES string of the molecule is COCCOc1ncc(C(C)C)n1C. The summed E-state index contributed by atoms with van der Waals surface area (Å²) in [5.41, 5.74) is 1.18. The van der Waals surface area contributed by atoms with Crippen LogP contribution in [0.5, 0.6) is 6.01 Å². The van der Waals surface area contributed by atoms with E-state index in [9.17, 15) is 0 Å². The summed E-state index contributed by atoms with van der Waals surface area (Å²) in [5.74, 6) is 0.465. The molecule has 4 nitrogen and oxygen atoms in total. The van der Waals surface area contributed by atoms with Gasteiger partial charge in [0.15, 0.2) is 0 Å². The lowest BCUT2D eigenvalue weighted by Gasteiger charge is -2.08. The summed E-state index contributed by atoms with van der Waals surface area (Å²) in [6.45, 7) is 5.40. The van der Waals surface area contributed by atoms with Crippen molar-refractivity contribution < 1.29 is 9.47 Å². The molecule has 1 aromatic heterocycles. The fraction of sp³-hybridized carbons (Fsp3) is 0.700. The van der Waals surface area contributed by atoms with Gasteiger partial charge in [-0.2, -0.15) is 0 Å². The number of aromatic nitrogens is 2.